The van der Waals surface area contributed by atoms with Gasteiger partial charge in [0.2, 0.25) is 5.91 Å². The van der Waals surface area contributed by atoms with Crippen molar-refractivity contribution >= 4 is 29.0 Å². The number of amides is 1. The predicted molar refractivity (Wildman–Crippen MR) is 104 cm³/mol. The van der Waals surface area contributed by atoms with Gasteiger partial charge < -0.3 is 10.2 Å². The third kappa shape index (κ3) is 4.41. The Labute approximate surface area is 166 Å². The lowest BCUT2D eigenvalue weighted by Crippen LogP contribution is -2.39. The van der Waals surface area contributed by atoms with Crippen molar-refractivity contribution in [1.82, 2.24) is 4.98 Å². The van der Waals surface area contributed by atoms with Crippen LogP contribution in [0.3, 0.4) is 0 Å². The smallest absolute Gasteiger partial charge is 0.355 e. The van der Waals surface area contributed by atoms with Crippen molar-refractivity contribution in [3.8, 4) is 0 Å². The zero-order chi connectivity index (χ0) is 20.5. The number of carbonyl (C=O) groups is 1. The van der Waals surface area contributed by atoms with Crippen LogP contribution >= 0.6 is 11.6 Å². The van der Waals surface area contributed by atoms with Gasteiger partial charge in [0.15, 0.2) is 0 Å². The summed E-state index contributed by atoms with van der Waals surface area (Å²) in [7, 11) is 0. The molecule has 0 radical (unpaired) electrons. The van der Waals surface area contributed by atoms with Gasteiger partial charge in [0.05, 0.1) is 10.6 Å². The van der Waals surface area contributed by atoms with E-state index in [-0.39, 0.29) is 16.8 Å². The molecule has 8 heteroatoms. The van der Waals surface area contributed by atoms with E-state index in [0.29, 0.717) is 31.7 Å². The summed E-state index contributed by atoms with van der Waals surface area (Å²) in [4.78, 5) is 18.4. The van der Waals surface area contributed by atoms with Crippen molar-refractivity contribution < 1.29 is 18.0 Å². The summed E-state index contributed by atoms with van der Waals surface area (Å²) in [6.07, 6.45) is -2.53. The monoisotopic (exact) mass is 411 g/mol. The lowest BCUT2D eigenvalue weighted by atomic mass is 9.95. The maximum Gasteiger partial charge on any atom is 0.417 e. The molecule has 28 heavy (non-hydrogen) atoms. The molecule has 3 rings (SSSR count). The average Bonchev–Trinajstić information content (AvgIpc) is 2.64. The highest BCUT2D eigenvalue weighted by molar-refractivity contribution is 6.33. The summed E-state index contributed by atoms with van der Waals surface area (Å²) in [6, 6.07) is 6.73. The molecule has 4 nitrogen and oxygen atoms in total. The molecule has 2 aromatic rings. The van der Waals surface area contributed by atoms with E-state index in [4.69, 9.17) is 11.6 Å². The van der Waals surface area contributed by atoms with Gasteiger partial charge in [-0.1, -0.05) is 29.8 Å². The summed E-state index contributed by atoms with van der Waals surface area (Å²) < 4.78 is 38.3. The number of aromatic nitrogens is 1. The molecule has 1 saturated heterocycles. The number of nitrogens with zero attached hydrogens (tertiary/aromatic N) is 2. The van der Waals surface area contributed by atoms with Crippen LogP contribution in [0.5, 0.6) is 0 Å². The Morgan fingerprint density at radius 2 is 1.82 bits per heavy atom. The third-order valence-electron chi connectivity index (χ3n) is 5.04. The van der Waals surface area contributed by atoms with Gasteiger partial charge in [-0.3, -0.25) is 4.79 Å². The fraction of sp³-hybridized carbons (Fsp3) is 0.400. The topological polar surface area (TPSA) is 45.2 Å². The fourth-order valence-corrected chi connectivity index (χ4v) is 3.69. The number of carbonyl (C=O) groups excluding carboxylic acids is 1. The minimum Gasteiger partial charge on any atom is -0.355 e. The Balaban J connectivity index is 1.64. The zero-order valence-electron chi connectivity index (χ0n) is 15.6. The predicted octanol–water partition coefficient (Wildman–Crippen LogP) is 5.23. The summed E-state index contributed by atoms with van der Waals surface area (Å²) in [6.45, 7) is 4.90. The number of nitrogens with one attached hydrogen (secondary N) is 1. The SMILES string of the molecule is Cc1cccc(C)c1NC(=O)C1CCN(c2ncc(C(F)(F)F)cc2Cl)CC1. The number of alkyl halides is 3. The van der Waals surface area contributed by atoms with Gasteiger partial charge in [0.25, 0.3) is 0 Å². The highest BCUT2D eigenvalue weighted by Crippen LogP contribution is 2.35. The van der Waals surface area contributed by atoms with E-state index in [1.165, 1.54) is 0 Å². The van der Waals surface area contributed by atoms with Crippen molar-refractivity contribution in [1.29, 1.82) is 0 Å². The first-order chi connectivity index (χ1) is 13.2. The second-order valence-corrected chi connectivity index (χ2v) is 7.45. The van der Waals surface area contributed by atoms with Gasteiger partial charge in [-0.2, -0.15) is 13.2 Å². The third-order valence-corrected chi connectivity index (χ3v) is 5.32. The molecule has 1 fully saturated rings. The number of rotatable bonds is 3. The number of anilines is 2. The van der Waals surface area contributed by atoms with Crippen LogP contribution in [-0.4, -0.2) is 24.0 Å². The normalized spacial score (nSPS) is 15.6. The molecule has 1 N–H and O–H groups in total. The standard InChI is InChI=1S/C20H21ClF3N3O/c1-12-4-3-5-13(2)17(12)26-19(28)14-6-8-27(9-7-14)18-16(21)10-15(11-25-18)20(22,23)24/h3-5,10-11,14H,6-9H2,1-2H3,(H,26,28). The molecule has 0 aliphatic carbocycles. The largest absolute Gasteiger partial charge is 0.417 e. The molecule has 150 valence electrons. The molecule has 1 aliphatic rings. The maximum absolute atomic E-state index is 12.8. The van der Waals surface area contributed by atoms with Crippen molar-refractivity contribution in [3.63, 3.8) is 0 Å². The van der Waals surface area contributed by atoms with Crippen LogP contribution in [0, 0.1) is 19.8 Å². The fourth-order valence-electron chi connectivity index (χ4n) is 3.41. The molecule has 0 unspecified atom stereocenters. The van der Waals surface area contributed by atoms with Crippen LogP contribution in [0.4, 0.5) is 24.7 Å². The summed E-state index contributed by atoms with van der Waals surface area (Å²) in [5, 5.41) is 2.98. The molecule has 1 aromatic heterocycles. The Hall–Kier alpha value is -2.28. The summed E-state index contributed by atoms with van der Waals surface area (Å²) in [5.41, 5.74) is 1.98. The van der Waals surface area contributed by atoms with Crippen molar-refractivity contribution in [2.45, 2.75) is 32.9 Å². The molecule has 1 aromatic carbocycles. The number of halogens is 4. The van der Waals surface area contributed by atoms with Gasteiger partial charge in [-0.15, -0.1) is 0 Å². The average molecular weight is 412 g/mol. The zero-order valence-corrected chi connectivity index (χ0v) is 16.4. The second-order valence-electron chi connectivity index (χ2n) is 7.04. The van der Waals surface area contributed by atoms with E-state index in [2.05, 4.69) is 10.3 Å². The number of benzene rings is 1. The molecular weight excluding hydrogens is 391 g/mol. The second kappa shape index (κ2) is 7.99. The Bertz CT molecular complexity index is 857. The number of hydrogen-bond donors (Lipinski definition) is 1. The molecule has 0 saturated carbocycles. The van der Waals surface area contributed by atoms with Gasteiger partial charge in [0.1, 0.15) is 5.82 Å². The van der Waals surface area contributed by atoms with Crippen molar-refractivity contribution in [2.75, 3.05) is 23.3 Å². The van der Waals surface area contributed by atoms with E-state index < -0.39 is 11.7 Å². The number of para-hydroxylation sites is 1. The van der Waals surface area contributed by atoms with E-state index >= 15 is 0 Å². The van der Waals surface area contributed by atoms with Crippen LogP contribution in [0.2, 0.25) is 5.02 Å². The van der Waals surface area contributed by atoms with Gasteiger partial charge in [-0.05, 0) is 43.9 Å². The maximum atomic E-state index is 12.8. The molecule has 2 heterocycles. The number of aryl methyl sites for hydroxylation is 2. The van der Waals surface area contributed by atoms with Gasteiger partial charge in [-0.25, -0.2) is 4.98 Å². The Kier molecular flexibility index (Phi) is 5.84. The minimum absolute atomic E-state index is 0.0340. The van der Waals surface area contributed by atoms with E-state index in [9.17, 15) is 18.0 Å². The van der Waals surface area contributed by atoms with E-state index in [1.807, 2.05) is 36.9 Å². The molecule has 1 aliphatic heterocycles. The quantitative estimate of drug-likeness (QED) is 0.752. The number of piperidine rings is 1. The lowest BCUT2D eigenvalue weighted by molar-refractivity contribution is -0.137. The number of pyridine rings is 1. The van der Waals surface area contributed by atoms with Crippen LogP contribution in [0.25, 0.3) is 0 Å². The van der Waals surface area contributed by atoms with Gasteiger partial charge >= 0.3 is 6.18 Å². The first-order valence-corrected chi connectivity index (χ1v) is 9.39. The summed E-state index contributed by atoms with van der Waals surface area (Å²) >= 11 is 6.03. The Morgan fingerprint density at radius 1 is 1.21 bits per heavy atom. The molecule has 0 spiro atoms. The van der Waals surface area contributed by atoms with E-state index in [0.717, 1.165) is 29.1 Å². The Morgan fingerprint density at radius 3 is 2.36 bits per heavy atom. The number of hydrogen-bond acceptors (Lipinski definition) is 3. The molecule has 1 amide bonds. The van der Waals surface area contributed by atoms with Crippen molar-refractivity contribution in [3.05, 3.63) is 52.2 Å². The van der Waals surface area contributed by atoms with Crippen molar-refractivity contribution in [2.24, 2.45) is 5.92 Å². The molecular formula is C20H21ClF3N3O. The summed E-state index contributed by atoms with van der Waals surface area (Å²) in [5.74, 6) is 0.121. The van der Waals surface area contributed by atoms with Gasteiger partial charge in [0, 0.05) is 30.9 Å². The van der Waals surface area contributed by atoms with Crippen LogP contribution < -0.4 is 10.2 Å². The highest BCUT2D eigenvalue weighted by atomic mass is 35.5. The highest BCUT2D eigenvalue weighted by Gasteiger charge is 2.33. The van der Waals surface area contributed by atoms with Crippen LogP contribution in [0.15, 0.2) is 30.5 Å². The first kappa shape index (κ1) is 20.5. The lowest BCUT2D eigenvalue weighted by Gasteiger charge is -2.33. The first-order valence-electron chi connectivity index (χ1n) is 9.01. The molecule has 0 atom stereocenters. The minimum atomic E-state index is -4.48. The van der Waals surface area contributed by atoms with Crippen LogP contribution in [-0.2, 0) is 11.0 Å². The molecule has 0 bridgehead atoms. The van der Waals surface area contributed by atoms with Crippen LogP contribution in [0.1, 0.15) is 29.5 Å². The van der Waals surface area contributed by atoms with E-state index in [1.54, 1.807) is 0 Å².